The second-order valence-corrected chi connectivity index (χ2v) is 8.72. The van der Waals surface area contributed by atoms with E-state index < -0.39 is 0 Å². The summed E-state index contributed by atoms with van der Waals surface area (Å²) >= 11 is 1.60. The maximum Gasteiger partial charge on any atom is 0.261 e. The summed E-state index contributed by atoms with van der Waals surface area (Å²) in [6, 6.07) is 8.80. The summed E-state index contributed by atoms with van der Waals surface area (Å²) in [5.74, 6) is 0.913. The average Bonchev–Trinajstić information content (AvgIpc) is 3.13. The summed E-state index contributed by atoms with van der Waals surface area (Å²) in [6.07, 6.45) is 9.31. The number of piperidine rings is 1. The van der Waals surface area contributed by atoms with E-state index in [0.29, 0.717) is 6.04 Å². The van der Waals surface area contributed by atoms with Crippen LogP contribution in [0.3, 0.4) is 0 Å². The molecule has 1 aliphatic rings. The third-order valence-electron chi connectivity index (χ3n) is 5.78. The zero-order valence-corrected chi connectivity index (χ0v) is 18.0. The molecule has 0 saturated carbocycles. The number of fused-ring (bicyclic) bond motifs is 1. The van der Waals surface area contributed by atoms with Crippen LogP contribution in [0.5, 0.6) is 0 Å². The zero-order valence-electron chi connectivity index (χ0n) is 17.1. The topological polar surface area (TPSA) is 58.1 Å². The van der Waals surface area contributed by atoms with Gasteiger partial charge in [-0.2, -0.15) is 0 Å². The van der Waals surface area contributed by atoms with Gasteiger partial charge < -0.3 is 5.32 Å². The van der Waals surface area contributed by atoms with Gasteiger partial charge in [0.1, 0.15) is 5.82 Å². The van der Waals surface area contributed by atoms with Crippen molar-refractivity contribution >= 4 is 27.3 Å². The fraction of sp³-hybridized carbons (Fsp3) is 0.435. The van der Waals surface area contributed by atoms with Gasteiger partial charge in [-0.3, -0.25) is 9.69 Å². The summed E-state index contributed by atoms with van der Waals surface area (Å²) in [4.78, 5) is 24.9. The zero-order chi connectivity index (χ0) is 20.2. The van der Waals surface area contributed by atoms with Crippen molar-refractivity contribution in [2.45, 2.75) is 51.6 Å². The van der Waals surface area contributed by atoms with Crippen LogP contribution in [0.4, 0.5) is 0 Å². The predicted octanol–water partition coefficient (Wildman–Crippen LogP) is 4.21. The van der Waals surface area contributed by atoms with Crippen molar-refractivity contribution in [1.82, 2.24) is 20.2 Å². The first-order chi connectivity index (χ1) is 14.2. The minimum Gasteiger partial charge on any atom is -0.354 e. The molecule has 3 heterocycles. The molecule has 0 aliphatic carbocycles. The Morgan fingerprint density at radius 1 is 1.24 bits per heavy atom. The third-order valence-corrected chi connectivity index (χ3v) is 6.99. The summed E-state index contributed by atoms with van der Waals surface area (Å²) in [6.45, 7) is 4.02. The van der Waals surface area contributed by atoms with Crippen LogP contribution >= 0.6 is 11.3 Å². The standard InChI is InChI=1S/C23H28N4OS/c1-3-21-25-13-16(14-26-21)15-27-11-7-6-8-17(27)12-19-18-9-4-5-10-20(18)29-22(19)23(28)24-2/h4-5,9-10,13-14,17H,3,6-8,11-12,15H2,1-2H3,(H,24,28). The highest BCUT2D eigenvalue weighted by Gasteiger charge is 2.27. The number of nitrogens with one attached hydrogen (secondary N) is 1. The van der Waals surface area contributed by atoms with E-state index in [1.165, 1.54) is 28.5 Å². The molecule has 152 valence electrons. The number of nitrogens with zero attached hydrogens (tertiary/aromatic N) is 3. The molecule has 0 spiro atoms. The fourth-order valence-corrected chi connectivity index (χ4v) is 5.39. The van der Waals surface area contributed by atoms with Gasteiger partial charge in [0.25, 0.3) is 5.91 Å². The van der Waals surface area contributed by atoms with Crippen LogP contribution in [0.15, 0.2) is 36.7 Å². The molecule has 1 N–H and O–H groups in total. The normalized spacial score (nSPS) is 17.5. The molecule has 6 heteroatoms. The van der Waals surface area contributed by atoms with Gasteiger partial charge in [0.15, 0.2) is 0 Å². The third kappa shape index (κ3) is 4.33. The molecule has 1 atom stereocenters. The van der Waals surface area contributed by atoms with Crippen molar-refractivity contribution in [2.75, 3.05) is 13.6 Å². The molecule has 1 aliphatic heterocycles. The van der Waals surface area contributed by atoms with Gasteiger partial charge in [0.05, 0.1) is 4.88 Å². The SMILES string of the molecule is CCc1ncc(CN2CCCCC2Cc2c(C(=O)NC)sc3ccccc23)cn1. The molecular formula is C23H28N4OS. The monoisotopic (exact) mass is 408 g/mol. The molecule has 4 rings (SSSR count). The minimum absolute atomic E-state index is 0.0205. The van der Waals surface area contributed by atoms with Gasteiger partial charge in [-0.15, -0.1) is 11.3 Å². The predicted molar refractivity (Wildman–Crippen MR) is 118 cm³/mol. The molecule has 1 amide bonds. The number of thiophene rings is 1. The van der Waals surface area contributed by atoms with Crippen molar-refractivity contribution in [1.29, 1.82) is 0 Å². The Morgan fingerprint density at radius 2 is 2.03 bits per heavy atom. The molecule has 0 radical (unpaired) electrons. The lowest BCUT2D eigenvalue weighted by Crippen LogP contribution is -2.40. The summed E-state index contributed by atoms with van der Waals surface area (Å²) in [5, 5.41) is 4.04. The quantitative estimate of drug-likeness (QED) is 0.664. The van der Waals surface area contributed by atoms with Crippen LogP contribution in [0, 0.1) is 0 Å². The first kappa shape index (κ1) is 20.0. The van der Waals surface area contributed by atoms with Crippen LogP contribution in [-0.4, -0.2) is 40.4 Å². The number of carbonyl (C=O) groups excluding carboxylic acids is 1. The smallest absolute Gasteiger partial charge is 0.261 e. The highest BCUT2D eigenvalue weighted by molar-refractivity contribution is 7.21. The number of likely N-dealkylation sites (tertiary alicyclic amines) is 1. The fourth-order valence-electron chi connectivity index (χ4n) is 4.21. The van der Waals surface area contributed by atoms with Crippen molar-refractivity contribution in [3.05, 3.63) is 58.5 Å². The number of hydrogen-bond acceptors (Lipinski definition) is 5. The summed E-state index contributed by atoms with van der Waals surface area (Å²) < 4.78 is 1.19. The Hall–Kier alpha value is -2.31. The maximum atomic E-state index is 12.5. The van der Waals surface area contributed by atoms with Crippen LogP contribution in [0.2, 0.25) is 0 Å². The van der Waals surface area contributed by atoms with Gasteiger partial charge in [-0.1, -0.05) is 31.5 Å². The van der Waals surface area contributed by atoms with E-state index in [0.717, 1.165) is 48.6 Å². The van der Waals surface area contributed by atoms with E-state index in [9.17, 15) is 4.79 Å². The van der Waals surface area contributed by atoms with E-state index in [2.05, 4.69) is 45.3 Å². The van der Waals surface area contributed by atoms with E-state index in [1.54, 1.807) is 18.4 Å². The molecule has 2 aromatic heterocycles. The van der Waals surface area contributed by atoms with E-state index >= 15 is 0 Å². The van der Waals surface area contributed by atoms with Gasteiger partial charge >= 0.3 is 0 Å². The first-order valence-corrected chi connectivity index (χ1v) is 11.3. The molecule has 29 heavy (non-hydrogen) atoms. The number of aryl methyl sites for hydroxylation is 1. The minimum atomic E-state index is 0.0205. The van der Waals surface area contributed by atoms with Crippen LogP contribution in [0.25, 0.3) is 10.1 Å². The molecule has 1 fully saturated rings. The number of aromatic nitrogens is 2. The largest absolute Gasteiger partial charge is 0.354 e. The highest BCUT2D eigenvalue weighted by Crippen LogP contribution is 2.34. The molecular weight excluding hydrogens is 380 g/mol. The van der Waals surface area contributed by atoms with Crippen LogP contribution in [-0.2, 0) is 19.4 Å². The molecule has 1 aromatic carbocycles. The van der Waals surface area contributed by atoms with Gasteiger partial charge in [0, 0.05) is 48.7 Å². The number of carbonyl (C=O) groups is 1. The maximum absolute atomic E-state index is 12.5. The lowest BCUT2D eigenvalue weighted by atomic mass is 9.93. The molecule has 1 saturated heterocycles. The number of hydrogen-bond donors (Lipinski definition) is 1. The Labute approximate surface area is 176 Å². The highest BCUT2D eigenvalue weighted by atomic mass is 32.1. The Balaban J connectivity index is 1.60. The number of amides is 1. The molecule has 5 nitrogen and oxygen atoms in total. The van der Waals surface area contributed by atoms with Crippen molar-refractivity contribution in [3.8, 4) is 0 Å². The van der Waals surface area contributed by atoms with Gasteiger partial charge in [-0.05, 0) is 42.8 Å². The van der Waals surface area contributed by atoms with E-state index in [-0.39, 0.29) is 5.91 Å². The van der Waals surface area contributed by atoms with Crippen LogP contribution < -0.4 is 5.32 Å². The molecule has 0 bridgehead atoms. The van der Waals surface area contributed by atoms with Gasteiger partial charge in [-0.25, -0.2) is 9.97 Å². The Bertz CT molecular complexity index is 982. The number of rotatable bonds is 6. The van der Waals surface area contributed by atoms with Crippen molar-refractivity contribution in [3.63, 3.8) is 0 Å². The first-order valence-electron chi connectivity index (χ1n) is 10.5. The Kier molecular flexibility index (Phi) is 6.21. The second kappa shape index (κ2) is 9.01. The van der Waals surface area contributed by atoms with E-state index in [4.69, 9.17) is 0 Å². The average molecular weight is 409 g/mol. The van der Waals surface area contributed by atoms with Gasteiger partial charge in [0.2, 0.25) is 0 Å². The van der Waals surface area contributed by atoms with Crippen LogP contribution in [0.1, 0.15) is 52.8 Å². The Morgan fingerprint density at radius 3 is 2.79 bits per heavy atom. The van der Waals surface area contributed by atoms with E-state index in [1.807, 2.05) is 18.5 Å². The second-order valence-electron chi connectivity index (χ2n) is 7.67. The van der Waals surface area contributed by atoms with Crippen molar-refractivity contribution < 1.29 is 4.79 Å². The molecule has 3 aromatic rings. The lowest BCUT2D eigenvalue weighted by Gasteiger charge is -2.36. The lowest BCUT2D eigenvalue weighted by molar-refractivity contribution is 0.0964. The summed E-state index contributed by atoms with van der Waals surface area (Å²) in [7, 11) is 1.71. The molecule has 1 unspecified atom stereocenters. The summed E-state index contributed by atoms with van der Waals surface area (Å²) in [5.41, 5.74) is 2.36. The van der Waals surface area contributed by atoms with Crippen molar-refractivity contribution in [2.24, 2.45) is 0 Å². The number of benzene rings is 1.